The van der Waals surface area contributed by atoms with Crippen LogP contribution in [-0.4, -0.2) is 0 Å². The van der Waals surface area contributed by atoms with Gasteiger partial charge in [-0.05, 0) is 24.3 Å². The molecule has 0 heterocycles. The van der Waals surface area contributed by atoms with Crippen LogP contribution in [0, 0.1) is 11.8 Å². The molecule has 1 aliphatic carbocycles. The summed E-state index contributed by atoms with van der Waals surface area (Å²) < 4.78 is 23.8. The van der Waals surface area contributed by atoms with Crippen molar-refractivity contribution in [2.75, 3.05) is 0 Å². The first-order valence-electron chi connectivity index (χ1n) is 5.25. The summed E-state index contributed by atoms with van der Waals surface area (Å²) in [5.41, 5.74) is 0. The Hall–Kier alpha value is -0.400. The van der Waals surface area contributed by atoms with Crippen molar-refractivity contribution in [2.45, 2.75) is 45.4 Å². The summed E-state index contributed by atoms with van der Waals surface area (Å²) in [6, 6.07) is 0. The third kappa shape index (κ3) is 3.45. The Morgan fingerprint density at radius 1 is 1.38 bits per heavy atom. The molecule has 0 aromatic rings. The summed E-state index contributed by atoms with van der Waals surface area (Å²) >= 11 is 0. The summed E-state index contributed by atoms with van der Waals surface area (Å²) in [5.74, 6) is 1.20. The van der Waals surface area contributed by atoms with Gasteiger partial charge < -0.3 is 0 Å². The molecule has 0 aliphatic heterocycles. The molecule has 0 aromatic heterocycles. The quantitative estimate of drug-likeness (QED) is 0.614. The summed E-state index contributed by atoms with van der Waals surface area (Å²) in [6.45, 7) is 2.10. The minimum atomic E-state index is -1.52. The summed E-state index contributed by atoms with van der Waals surface area (Å²) in [7, 11) is 0. The van der Waals surface area contributed by atoms with Crippen LogP contribution in [0.3, 0.4) is 0 Å². The van der Waals surface area contributed by atoms with Crippen molar-refractivity contribution < 1.29 is 8.78 Å². The first-order valence-corrected chi connectivity index (χ1v) is 5.25. The number of allylic oxidation sites excluding steroid dienone is 1. The highest BCUT2D eigenvalue weighted by Gasteiger charge is 2.22. The van der Waals surface area contributed by atoms with Gasteiger partial charge in [0.2, 0.25) is 0 Å². The zero-order valence-electron chi connectivity index (χ0n) is 8.23. The number of rotatable bonds is 4. The highest BCUT2D eigenvalue weighted by Crippen LogP contribution is 2.35. The minimum Gasteiger partial charge on any atom is -0.174 e. The van der Waals surface area contributed by atoms with Gasteiger partial charge in [0, 0.05) is 0 Å². The highest BCUT2D eigenvalue weighted by molar-refractivity contribution is 4.86. The third-order valence-electron chi connectivity index (χ3n) is 3.17. The van der Waals surface area contributed by atoms with Crippen LogP contribution in [0.5, 0.6) is 0 Å². The van der Waals surface area contributed by atoms with Crippen molar-refractivity contribution in [1.29, 1.82) is 0 Å². The lowest BCUT2D eigenvalue weighted by molar-refractivity contribution is 0.324. The predicted octanol–water partition coefficient (Wildman–Crippen LogP) is 4.37. The zero-order valence-corrected chi connectivity index (χ0v) is 8.23. The van der Waals surface area contributed by atoms with Crippen molar-refractivity contribution in [1.82, 2.24) is 0 Å². The molecule has 0 nitrogen and oxygen atoms in total. The predicted molar refractivity (Wildman–Crippen MR) is 50.7 cm³/mol. The SMILES string of the molecule is CCC(CC=C(F)F)C1CCCC1. The maximum Gasteiger partial charge on any atom is 0.266 e. The second-order valence-corrected chi connectivity index (χ2v) is 3.94. The number of hydrogen-bond acceptors (Lipinski definition) is 0. The first-order chi connectivity index (χ1) is 6.24. The maximum absolute atomic E-state index is 11.9. The molecule has 0 bridgehead atoms. The molecule has 1 unspecified atom stereocenters. The molecule has 0 N–H and O–H groups in total. The largest absolute Gasteiger partial charge is 0.266 e. The van der Waals surface area contributed by atoms with Crippen LogP contribution in [0.4, 0.5) is 8.78 Å². The van der Waals surface area contributed by atoms with Gasteiger partial charge in [-0.15, -0.1) is 0 Å². The van der Waals surface area contributed by atoms with Gasteiger partial charge in [-0.2, -0.15) is 8.78 Å². The van der Waals surface area contributed by atoms with Crippen LogP contribution in [0.2, 0.25) is 0 Å². The average Bonchev–Trinajstić information content (AvgIpc) is 2.58. The van der Waals surface area contributed by atoms with Gasteiger partial charge in [0.25, 0.3) is 6.08 Å². The summed E-state index contributed by atoms with van der Waals surface area (Å²) in [5, 5.41) is 0. The lowest BCUT2D eigenvalue weighted by Crippen LogP contribution is -2.09. The number of halogens is 2. The van der Waals surface area contributed by atoms with Gasteiger partial charge in [0.1, 0.15) is 0 Å². The van der Waals surface area contributed by atoms with E-state index in [1.165, 1.54) is 25.7 Å². The monoisotopic (exact) mass is 188 g/mol. The van der Waals surface area contributed by atoms with Crippen LogP contribution >= 0.6 is 0 Å². The lowest BCUT2D eigenvalue weighted by atomic mass is 9.86. The van der Waals surface area contributed by atoms with Gasteiger partial charge in [-0.1, -0.05) is 39.0 Å². The molecule has 1 aliphatic rings. The second kappa shape index (κ2) is 5.36. The molecule has 1 rings (SSSR count). The molecule has 0 spiro atoms. The van der Waals surface area contributed by atoms with Crippen molar-refractivity contribution >= 4 is 0 Å². The van der Waals surface area contributed by atoms with Crippen molar-refractivity contribution in [3.8, 4) is 0 Å². The van der Waals surface area contributed by atoms with E-state index in [1.807, 2.05) is 0 Å². The Labute approximate surface area is 79.0 Å². The Morgan fingerprint density at radius 2 is 2.00 bits per heavy atom. The molecule has 2 heteroatoms. The van der Waals surface area contributed by atoms with Crippen molar-refractivity contribution in [3.63, 3.8) is 0 Å². The van der Waals surface area contributed by atoms with Crippen LogP contribution in [-0.2, 0) is 0 Å². The molecule has 1 atom stereocenters. The van der Waals surface area contributed by atoms with E-state index in [1.54, 1.807) is 0 Å². The Morgan fingerprint density at radius 3 is 2.46 bits per heavy atom. The standard InChI is InChI=1S/C11H18F2/c1-2-9(7-8-11(12)13)10-5-3-4-6-10/h8-10H,2-7H2,1H3. The maximum atomic E-state index is 11.9. The fourth-order valence-electron chi connectivity index (χ4n) is 2.36. The van der Waals surface area contributed by atoms with E-state index >= 15 is 0 Å². The third-order valence-corrected chi connectivity index (χ3v) is 3.17. The van der Waals surface area contributed by atoms with Gasteiger partial charge >= 0.3 is 0 Å². The molecule has 0 aromatic carbocycles. The van der Waals surface area contributed by atoms with Crippen molar-refractivity contribution in [3.05, 3.63) is 12.2 Å². The normalized spacial score (nSPS) is 20.2. The molecule has 0 amide bonds. The van der Waals surface area contributed by atoms with E-state index in [0.717, 1.165) is 12.5 Å². The molecule has 76 valence electrons. The summed E-state index contributed by atoms with van der Waals surface area (Å²) in [6.07, 6.45) is 6.27. The second-order valence-electron chi connectivity index (χ2n) is 3.94. The minimum absolute atomic E-state index is 0.490. The topological polar surface area (TPSA) is 0 Å². The smallest absolute Gasteiger partial charge is 0.174 e. The Bertz CT molecular complexity index is 165. The fraction of sp³-hybridized carbons (Fsp3) is 0.818. The Kier molecular flexibility index (Phi) is 4.40. The van der Waals surface area contributed by atoms with Crippen LogP contribution in [0.15, 0.2) is 12.2 Å². The van der Waals surface area contributed by atoms with Crippen LogP contribution in [0.25, 0.3) is 0 Å². The van der Waals surface area contributed by atoms with E-state index in [-0.39, 0.29) is 0 Å². The summed E-state index contributed by atoms with van der Waals surface area (Å²) in [4.78, 5) is 0. The number of hydrogen-bond donors (Lipinski definition) is 0. The molecule has 1 saturated carbocycles. The molecule has 13 heavy (non-hydrogen) atoms. The molecule has 0 saturated heterocycles. The molecular formula is C11H18F2. The first kappa shape index (κ1) is 10.7. The van der Waals surface area contributed by atoms with Gasteiger partial charge in [0.15, 0.2) is 0 Å². The van der Waals surface area contributed by atoms with E-state index in [4.69, 9.17) is 0 Å². The lowest BCUT2D eigenvalue weighted by Gasteiger charge is -2.19. The van der Waals surface area contributed by atoms with E-state index < -0.39 is 6.08 Å². The molecular weight excluding hydrogens is 170 g/mol. The van der Waals surface area contributed by atoms with E-state index in [9.17, 15) is 8.78 Å². The molecule has 0 radical (unpaired) electrons. The van der Waals surface area contributed by atoms with Gasteiger partial charge in [0.05, 0.1) is 0 Å². The van der Waals surface area contributed by atoms with Crippen molar-refractivity contribution in [2.24, 2.45) is 11.8 Å². The molecule has 1 fully saturated rings. The fourth-order valence-corrected chi connectivity index (χ4v) is 2.36. The van der Waals surface area contributed by atoms with Crippen LogP contribution in [0.1, 0.15) is 45.4 Å². The van der Waals surface area contributed by atoms with Gasteiger partial charge in [-0.3, -0.25) is 0 Å². The average molecular weight is 188 g/mol. The van der Waals surface area contributed by atoms with Gasteiger partial charge in [-0.25, -0.2) is 0 Å². The Balaban J connectivity index is 2.37. The van der Waals surface area contributed by atoms with Crippen LogP contribution < -0.4 is 0 Å². The zero-order chi connectivity index (χ0) is 9.68. The van der Waals surface area contributed by atoms with E-state index in [0.29, 0.717) is 18.3 Å². The van der Waals surface area contributed by atoms with E-state index in [2.05, 4.69) is 6.92 Å². The highest BCUT2D eigenvalue weighted by atomic mass is 19.3.